The fourth-order valence-electron chi connectivity index (χ4n) is 3.92. The van der Waals surface area contributed by atoms with Gasteiger partial charge in [0.2, 0.25) is 5.91 Å². The normalized spacial score (nSPS) is 11.8. The number of anilines is 1. The van der Waals surface area contributed by atoms with E-state index >= 15 is 0 Å². The molecule has 0 bridgehead atoms. The second-order valence-corrected chi connectivity index (χ2v) is 9.43. The van der Waals surface area contributed by atoms with Crippen molar-refractivity contribution in [3.63, 3.8) is 0 Å². The number of rotatable bonds is 7. The van der Waals surface area contributed by atoms with E-state index in [0.717, 1.165) is 16.1 Å². The maximum absolute atomic E-state index is 14.1. The highest BCUT2D eigenvalue weighted by Crippen LogP contribution is 2.34. The van der Waals surface area contributed by atoms with E-state index < -0.39 is 6.04 Å². The SMILES string of the molecule is Cc1ccc(C)c(N(C(=O)c2sc(C)nc2C)C(C(=O)NCc2ccco2)c2ccccc2)c1. The fourth-order valence-corrected chi connectivity index (χ4v) is 4.78. The third-order valence-corrected chi connectivity index (χ3v) is 6.64. The van der Waals surface area contributed by atoms with E-state index in [1.807, 2.05) is 76.2 Å². The van der Waals surface area contributed by atoms with Gasteiger partial charge in [0, 0.05) is 5.69 Å². The van der Waals surface area contributed by atoms with Crippen molar-refractivity contribution >= 4 is 28.8 Å². The zero-order valence-corrected chi connectivity index (χ0v) is 20.5. The molecule has 4 rings (SSSR count). The Kier molecular flexibility index (Phi) is 6.93. The van der Waals surface area contributed by atoms with Crippen LogP contribution in [0.15, 0.2) is 71.3 Å². The molecule has 2 aromatic heterocycles. The number of carbonyl (C=O) groups is 2. The van der Waals surface area contributed by atoms with Crippen LogP contribution in [0.5, 0.6) is 0 Å². The van der Waals surface area contributed by atoms with Gasteiger partial charge < -0.3 is 9.73 Å². The van der Waals surface area contributed by atoms with E-state index in [9.17, 15) is 9.59 Å². The Morgan fingerprint density at radius 1 is 1.03 bits per heavy atom. The number of aryl methyl sites for hydroxylation is 4. The molecule has 2 heterocycles. The van der Waals surface area contributed by atoms with Gasteiger partial charge in [0.15, 0.2) is 0 Å². The minimum Gasteiger partial charge on any atom is -0.467 e. The molecular formula is C27H27N3O3S. The molecule has 0 fully saturated rings. The smallest absolute Gasteiger partial charge is 0.271 e. The molecule has 0 radical (unpaired) electrons. The number of aromatic nitrogens is 1. The molecule has 2 aromatic carbocycles. The van der Waals surface area contributed by atoms with Crippen LogP contribution in [0.4, 0.5) is 5.69 Å². The van der Waals surface area contributed by atoms with Gasteiger partial charge in [0.25, 0.3) is 5.91 Å². The van der Waals surface area contributed by atoms with Crippen molar-refractivity contribution in [2.75, 3.05) is 4.90 Å². The molecule has 0 saturated heterocycles. The summed E-state index contributed by atoms with van der Waals surface area (Å²) in [7, 11) is 0. The summed E-state index contributed by atoms with van der Waals surface area (Å²) in [5, 5.41) is 3.76. The van der Waals surface area contributed by atoms with E-state index in [0.29, 0.717) is 27.6 Å². The van der Waals surface area contributed by atoms with E-state index in [1.165, 1.54) is 11.3 Å². The summed E-state index contributed by atoms with van der Waals surface area (Å²) >= 11 is 1.34. The third-order valence-electron chi connectivity index (χ3n) is 5.58. The van der Waals surface area contributed by atoms with Crippen molar-refractivity contribution < 1.29 is 14.0 Å². The molecule has 0 aliphatic heterocycles. The summed E-state index contributed by atoms with van der Waals surface area (Å²) in [6.07, 6.45) is 1.57. The van der Waals surface area contributed by atoms with Gasteiger partial charge in [-0.25, -0.2) is 4.98 Å². The number of hydrogen-bond acceptors (Lipinski definition) is 5. The van der Waals surface area contributed by atoms with Gasteiger partial charge >= 0.3 is 0 Å². The van der Waals surface area contributed by atoms with Gasteiger partial charge in [0.1, 0.15) is 16.7 Å². The second-order valence-electron chi connectivity index (χ2n) is 8.22. The number of hydrogen-bond donors (Lipinski definition) is 1. The van der Waals surface area contributed by atoms with Gasteiger partial charge in [-0.1, -0.05) is 42.5 Å². The van der Waals surface area contributed by atoms with Crippen LogP contribution in [0.25, 0.3) is 0 Å². The standard InChI is InChI=1S/C27H27N3O3S/c1-17-12-13-18(2)23(15-17)30(27(32)25-19(3)29-20(4)34-25)24(21-9-6-5-7-10-21)26(31)28-16-22-11-8-14-33-22/h5-15,24H,16H2,1-4H3,(H,28,31). The first-order valence-electron chi connectivity index (χ1n) is 11.0. The quantitative estimate of drug-likeness (QED) is 0.375. The summed E-state index contributed by atoms with van der Waals surface area (Å²) in [5.41, 5.74) is 3.96. The van der Waals surface area contributed by atoms with E-state index in [1.54, 1.807) is 23.3 Å². The third kappa shape index (κ3) is 4.94. The maximum Gasteiger partial charge on any atom is 0.271 e. The van der Waals surface area contributed by atoms with Crippen molar-refractivity contribution in [3.05, 3.63) is 105 Å². The van der Waals surface area contributed by atoms with Crippen molar-refractivity contribution in [2.45, 2.75) is 40.3 Å². The molecule has 1 N–H and O–H groups in total. The summed E-state index contributed by atoms with van der Waals surface area (Å²) in [4.78, 5) is 34.4. The van der Waals surface area contributed by atoms with Crippen LogP contribution in [0.3, 0.4) is 0 Å². The van der Waals surface area contributed by atoms with Gasteiger partial charge in [-0.05, 0) is 62.6 Å². The highest BCUT2D eigenvalue weighted by Gasteiger charge is 2.35. The number of amides is 2. The predicted octanol–water partition coefficient (Wildman–Crippen LogP) is 5.67. The summed E-state index contributed by atoms with van der Waals surface area (Å²) in [5.74, 6) is 0.0910. The van der Waals surface area contributed by atoms with E-state index in [4.69, 9.17) is 4.42 Å². The van der Waals surface area contributed by atoms with E-state index in [2.05, 4.69) is 10.3 Å². The first-order valence-corrected chi connectivity index (χ1v) is 11.9. The van der Waals surface area contributed by atoms with Crippen LogP contribution < -0.4 is 10.2 Å². The number of benzene rings is 2. The Morgan fingerprint density at radius 3 is 2.44 bits per heavy atom. The molecule has 1 unspecified atom stereocenters. The molecule has 0 aliphatic carbocycles. The van der Waals surface area contributed by atoms with Gasteiger partial charge in [-0.15, -0.1) is 11.3 Å². The number of nitrogens with zero attached hydrogens (tertiary/aromatic N) is 2. The molecule has 6 nitrogen and oxygen atoms in total. The molecule has 0 saturated carbocycles. The molecule has 7 heteroatoms. The lowest BCUT2D eigenvalue weighted by Gasteiger charge is -2.32. The molecule has 174 valence electrons. The van der Waals surface area contributed by atoms with Gasteiger partial charge in [-0.2, -0.15) is 0 Å². The molecule has 1 atom stereocenters. The first-order chi connectivity index (χ1) is 16.3. The van der Waals surface area contributed by atoms with Crippen molar-refractivity contribution in [2.24, 2.45) is 0 Å². The predicted molar refractivity (Wildman–Crippen MR) is 134 cm³/mol. The molecule has 0 spiro atoms. The molecule has 2 amide bonds. The number of furan rings is 1. The lowest BCUT2D eigenvalue weighted by atomic mass is 10.0. The Bertz CT molecular complexity index is 1300. The maximum atomic E-state index is 14.1. The lowest BCUT2D eigenvalue weighted by Crippen LogP contribution is -2.44. The Morgan fingerprint density at radius 2 is 1.79 bits per heavy atom. The lowest BCUT2D eigenvalue weighted by molar-refractivity contribution is -0.122. The summed E-state index contributed by atoms with van der Waals surface area (Å²) < 4.78 is 5.38. The Labute approximate surface area is 203 Å². The van der Waals surface area contributed by atoms with Crippen LogP contribution in [0, 0.1) is 27.7 Å². The van der Waals surface area contributed by atoms with Crippen LogP contribution in [0.2, 0.25) is 0 Å². The van der Waals surface area contributed by atoms with Crippen molar-refractivity contribution in [3.8, 4) is 0 Å². The highest BCUT2D eigenvalue weighted by atomic mass is 32.1. The van der Waals surface area contributed by atoms with Crippen molar-refractivity contribution in [1.82, 2.24) is 10.3 Å². The van der Waals surface area contributed by atoms with Crippen molar-refractivity contribution in [1.29, 1.82) is 0 Å². The monoisotopic (exact) mass is 473 g/mol. The largest absolute Gasteiger partial charge is 0.467 e. The molecule has 0 aliphatic rings. The molecule has 4 aromatic rings. The first kappa shape index (κ1) is 23.4. The Hall–Kier alpha value is -3.71. The van der Waals surface area contributed by atoms with Crippen LogP contribution >= 0.6 is 11.3 Å². The van der Waals surface area contributed by atoms with E-state index in [-0.39, 0.29) is 18.4 Å². The molecular weight excluding hydrogens is 446 g/mol. The number of carbonyl (C=O) groups excluding carboxylic acids is 2. The average Bonchev–Trinajstić information content (AvgIpc) is 3.46. The minimum atomic E-state index is -0.883. The zero-order chi connectivity index (χ0) is 24.2. The average molecular weight is 474 g/mol. The fraction of sp³-hybridized carbons (Fsp3) is 0.222. The summed E-state index contributed by atoms with van der Waals surface area (Å²) in [6.45, 7) is 7.85. The minimum absolute atomic E-state index is 0.225. The van der Waals surface area contributed by atoms with Gasteiger partial charge in [0.05, 0.1) is 23.5 Å². The van der Waals surface area contributed by atoms with Crippen LogP contribution in [-0.2, 0) is 11.3 Å². The topological polar surface area (TPSA) is 75.4 Å². The van der Waals surface area contributed by atoms with Crippen LogP contribution in [-0.4, -0.2) is 16.8 Å². The second kappa shape index (κ2) is 10.1. The Balaban J connectivity index is 1.85. The summed E-state index contributed by atoms with van der Waals surface area (Å²) in [6, 6.07) is 18.0. The molecule has 34 heavy (non-hydrogen) atoms. The number of thiazole rings is 1. The van der Waals surface area contributed by atoms with Crippen LogP contribution in [0.1, 0.15) is 48.9 Å². The zero-order valence-electron chi connectivity index (χ0n) is 19.7. The highest BCUT2D eigenvalue weighted by molar-refractivity contribution is 7.13. The van der Waals surface area contributed by atoms with Gasteiger partial charge in [-0.3, -0.25) is 14.5 Å². The number of nitrogens with one attached hydrogen (secondary N) is 1.